The Morgan fingerprint density at radius 1 is 1.50 bits per heavy atom. The molecule has 4 N–H and O–H groups in total. The van der Waals surface area contributed by atoms with E-state index < -0.39 is 0 Å². The summed E-state index contributed by atoms with van der Waals surface area (Å²) in [7, 11) is 0. The third-order valence-corrected chi connectivity index (χ3v) is 4.01. The highest BCUT2D eigenvalue weighted by Gasteiger charge is 2.45. The molecular formula is C14H20N2O2. The second-order valence-corrected chi connectivity index (χ2v) is 5.47. The second-order valence-electron chi connectivity index (χ2n) is 5.47. The van der Waals surface area contributed by atoms with Crippen LogP contribution in [0.1, 0.15) is 37.0 Å². The number of hydrogen-bond acceptors (Lipinski definition) is 3. The number of nitrogen functional groups attached to an aromatic ring is 1. The molecule has 0 aliphatic heterocycles. The SMILES string of the molecule is CC(C)C1(CNC(=O)c2ccc(N)c(O)c2)CC1. The lowest BCUT2D eigenvalue weighted by Gasteiger charge is -2.20. The van der Waals surface area contributed by atoms with Crippen molar-refractivity contribution in [2.24, 2.45) is 11.3 Å². The number of phenols is 1. The van der Waals surface area contributed by atoms with Crippen molar-refractivity contribution in [2.75, 3.05) is 12.3 Å². The molecule has 0 bridgehead atoms. The summed E-state index contributed by atoms with van der Waals surface area (Å²) in [6, 6.07) is 4.57. The first kappa shape index (κ1) is 12.7. The lowest BCUT2D eigenvalue weighted by molar-refractivity contribution is 0.0939. The summed E-state index contributed by atoms with van der Waals surface area (Å²) >= 11 is 0. The zero-order valence-electron chi connectivity index (χ0n) is 10.9. The van der Waals surface area contributed by atoms with Gasteiger partial charge in [-0.05, 0) is 42.4 Å². The molecule has 1 amide bonds. The zero-order chi connectivity index (χ0) is 13.3. The van der Waals surface area contributed by atoms with Crippen LogP contribution in [0, 0.1) is 11.3 Å². The predicted molar refractivity (Wildman–Crippen MR) is 71.4 cm³/mol. The molecule has 18 heavy (non-hydrogen) atoms. The third-order valence-electron chi connectivity index (χ3n) is 4.01. The van der Waals surface area contributed by atoms with Crippen LogP contribution in [0.25, 0.3) is 0 Å². The van der Waals surface area contributed by atoms with Gasteiger partial charge in [-0.2, -0.15) is 0 Å². The highest BCUT2D eigenvalue weighted by molar-refractivity contribution is 5.95. The topological polar surface area (TPSA) is 75.4 Å². The number of benzene rings is 1. The summed E-state index contributed by atoms with van der Waals surface area (Å²) in [4.78, 5) is 11.9. The van der Waals surface area contributed by atoms with Crippen LogP contribution in [0.15, 0.2) is 18.2 Å². The number of hydrogen-bond donors (Lipinski definition) is 3. The van der Waals surface area contributed by atoms with E-state index in [2.05, 4.69) is 19.2 Å². The smallest absolute Gasteiger partial charge is 0.251 e. The molecule has 0 heterocycles. The molecule has 0 aromatic heterocycles. The van der Waals surface area contributed by atoms with Gasteiger partial charge in [-0.15, -0.1) is 0 Å². The van der Waals surface area contributed by atoms with Crippen molar-refractivity contribution < 1.29 is 9.90 Å². The van der Waals surface area contributed by atoms with Gasteiger partial charge in [-0.25, -0.2) is 0 Å². The fourth-order valence-electron chi connectivity index (χ4n) is 2.16. The van der Waals surface area contributed by atoms with Crippen molar-refractivity contribution >= 4 is 11.6 Å². The first-order chi connectivity index (χ1) is 8.44. The maximum Gasteiger partial charge on any atom is 0.251 e. The highest BCUT2D eigenvalue weighted by Crippen LogP contribution is 2.51. The van der Waals surface area contributed by atoms with Crippen molar-refractivity contribution in [2.45, 2.75) is 26.7 Å². The summed E-state index contributed by atoms with van der Waals surface area (Å²) in [5, 5.41) is 12.4. The van der Waals surface area contributed by atoms with Gasteiger partial charge in [0.2, 0.25) is 0 Å². The van der Waals surface area contributed by atoms with E-state index in [1.165, 1.54) is 18.9 Å². The largest absolute Gasteiger partial charge is 0.506 e. The van der Waals surface area contributed by atoms with Crippen molar-refractivity contribution in [3.63, 3.8) is 0 Å². The fraction of sp³-hybridized carbons (Fsp3) is 0.500. The molecule has 4 heteroatoms. The van der Waals surface area contributed by atoms with Gasteiger partial charge in [0.05, 0.1) is 5.69 Å². The fourth-order valence-corrected chi connectivity index (χ4v) is 2.16. The van der Waals surface area contributed by atoms with E-state index in [-0.39, 0.29) is 22.8 Å². The van der Waals surface area contributed by atoms with Gasteiger partial charge in [0.25, 0.3) is 5.91 Å². The van der Waals surface area contributed by atoms with Crippen LogP contribution in [0.4, 0.5) is 5.69 Å². The van der Waals surface area contributed by atoms with Crippen LogP contribution in [0.3, 0.4) is 0 Å². The molecule has 98 valence electrons. The number of rotatable bonds is 4. The van der Waals surface area contributed by atoms with Crippen molar-refractivity contribution in [1.29, 1.82) is 0 Å². The normalized spacial score (nSPS) is 16.6. The molecule has 1 aliphatic carbocycles. The maximum absolute atomic E-state index is 11.9. The molecule has 2 rings (SSSR count). The van der Waals surface area contributed by atoms with Gasteiger partial charge >= 0.3 is 0 Å². The number of carbonyl (C=O) groups excluding carboxylic acids is 1. The van der Waals surface area contributed by atoms with E-state index in [4.69, 9.17) is 5.73 Å². The Morgan fingerprint density at radius 2 is 2.17 bits per heavy atom. The van der Waals surface area contributed by atoms with Crippen LogP contribution in [0.5, 0.6) is 5.75 Å². The van der Waals surface area contributed by atoms with Crippen molar-refractivity contribution in [1.82, 2.24) is 5.32 Å². The number of anilines is 1. The lowest BCUT2D eigenvalue weighted by atomic mass is 9.92. The van der Waals surface area contributed by atoms with E-state index in [0.29, 0.717) is 18.0 Å². The van der Waals surface area contributed by atoms with Gasteiger partial charge in [0.15, 0.2) is 0 Å². The molecule has 0 spiro atoms. The Bertz CT molecular complexity index is 465. The van der Waals surface area contributed by atoms with Gasteiger partial charge in [0.1, 0.15) is 5.75 Å². The average molecular weight is 248 g/mol. The first-order valence-corrected chi connectivity index (χ1v) is 6.31. The Morgan fingerprint density at radius 3 is 2.67 bits per heavy atom. The minimum atomic E-state index is -0.155. The summed E-state index contributed by atoms with van der Waals surface area (Å²) in [5.41, 5.74) is 6.51. The zero-order valence-corrected chi connectivity index (χ0v) is 10.9. The van der Waals surface area contributed by atoms with Crippen LogP contribution < -0.4 is 11.1 Å². The number of phenolic OH excluding ortho intramolecular Hbond substituents is 1. The number of nitrogens with two attached hydrogens (primary N) is 1. The lowest BCUT2D eigenvalue weighted by Crippen LogP contribution is -2.32. The Kier molecular flexibility index (Phi) is 3.20. The quantitative estimate of drug-likeness (QED) is 0.564. The maximum atomic E-state index is 11.9. The van der Waals surface area contributed by atoms with Crippen molar-refractivity contribution in [3.05, 3.63) is 23.8 Å². The highest BCUT2D eigenvalue weighted by atomic mass is 16.3. The molecule has 1 aromatic rings. The molecule has 0 radical (unpaired) electrons. The molecule has 4 nitrogen and oxygen atoms in total. The summed E-state index contributed by atoms with van der Waals surface area (Å²) < 4.78 is 0. The van der Waals surface area contributed by atoms with Gasteiger partial charge in [-0.3, -0.25) is 4.79 Å². The van der Waals surface area contributed by atoms with Crippen molar-refractivity contribution in [3.8, 4) is 5.75 Å². The monoisotopic (exact) mass is 248 g/mol. The van der Waals surface area contributed by atoms with Gasteiger partial charge < -0.3 is 16.2 Å². The van der Waals surface area contributed by atoms with Crippen LogP contribution in [0.2, 0.25) is 0 Å². The summed E-state index contributed by atoms with van der Waals surface area (Å²) in [5.74, 6) is 0.377. The van der Waals surface area contributed by atoms with E-state index >= 15 is 0 Å². The number of aromatic hydroxyl groups is 1. The number of amides is 1. The molecule has 1 fully saturated rings. The molecule has 0 atom stereocenters. The van der Waals surface area contributed by atoms with Crippen LogP contribution in [-0.2, 0) is 0 Å². The Balaban J connectivity index is 1.98. The first-order valence-electron chi connectivity index (χ1n) is 6.31. The van der Waals surface area contributed by atoms with Crippen LogP contribution in [-0.4, -0.2) is 17.6 Å². The van der Waals surface area contributed by atoms with Gasteiger partial charge in [-0.1, -0.05) is 13.8 Å². The minimum absolute atomic E-state index is 0.0485. The third kappa shape index (κ3) is 2.42. The van der Waals surface area contributed by atoms with E-state index in [1.807, 2.05) is 0 Å². The Labute approximate surface area is 107 Å². The minimum Gasteiger partial charge on any atom is -0.506 e. The molecule has 1 saturated carbocycles. The van der Waals surface area contributed by atoms with Gasteiger partial charge in [0, 0.05) is 12.1 Å². The summed E-state index contributed by atoms with van der Waals surface area (Å²) in [6.45, 7) is 5.08. The molecule has 0 saturated heterocycles. The Hall–Kier alpha value is -1.71. The molecule has 0 unspecified atom stereocenters. The summed E-state index contributed by atoms with van der Waals surface area (Å²) in [6.07, 6.45) is 2.36. The van der Waals surface area contributed by atoms with E-state index in [1.54, 1.807) is 12.1 Å². The predicted octanol–water partition coefficient (Wildman–Crippen LogP) is 2.14. The van der Waals surface area contributed by atoms with Crippen LogP contribution >= 0.6 is 0 Å². The molecular weight excluding hydrogens is 228 g/mol. The van der Waals surface area contributed by atoms with E-state index in [0.717, 1.165) is 0 Å². The van der Waals surface area contributed by atoms with E-state index in [9.17, 15) is 9.90 Å². The molecule has 1 aromatic carbocycles. The average Bonchev–Trinajstić information content (AvgIpc) is 3.11. The number of nitrogens with one attached hydrogen (secondary N) is 1. The number of carbonyl (C=O) groups is 1. The standard InChI is InChI=1S/C14H20N2O2/c1-9(2)14(5-6-14)8-16-13(18)10-3-4-11(15)12(17)7-10/h3-4,7,9,17H,5-6,8,15H2,1-2H3,(H,16,18). The second kappa shape index (κ2) is 4.52. The molecule has 1 aliphatic rings.